The zero-order chi connectivity index (χ0) is 22.0. The number of para-hydroxylation sites is 1. The summed E-state index contributed by atoms with van der Waals surface area (Å²) in [5.74, 6) is 0. The Bertz CT molecular complexity index is 955. The number of rotatable bonds is 6. The van der Waals surface area contributed by atoms with Gasteiger partial charge in [0.1, 0.15) is 0 Å². The maximum atomic E-state index is 9.81. The number of nitriles is 1. The van der Waals surface area contributed by atoms with Gasteiger partial charge in [-0.1, -0.05) is 10.0 Å². The molecule has 0 bridgehead atoms. The van der Waals surface area contributed by atoms with Crippen LogP contribution in [-0.4, -0.2) is 19.2 Å². The average molecular weight is 1180 g/mol. The topological polar surface area (TPSA) is 111 Å². The van der Waals surface area contributed by atoms with Gasteiger partial charge < -0.3 is 30.3 Å². The molecule has 7 nitrogen and oxygen atoms in total. The third-order valence-corrected chi connectivity index (χ3v) is 3.48. The van der Waals surface area contributed by atoms with Crippen LogP contribution >= 0.6 is 15.9 Å². The van der Waals surface area contributed by atoms with Gasteiger partial charge in [-0.25, -0.2) is 40.5 Å². The van der Waals surface area contributed by atoms with Gasteiger partial charge in [0.25, 0.3) is 0 Å². The van der Waals surface area contributed by atoms with Crippen molar-refractivity contribution in [2.45, 2.75) is 0 Å². The van der Waals surface area contributed by atoms with Gasteiger partial charge in [-0.15, -0.1) is 15.9 Å². The molecule has 0 aromatic heterocycles. The predicted molar refractivity (Wildman–Crippen MR) is 116 cm³/mol. The summed E-state index contributed by atoms with van der Waals surface area (Å²) < 4.78 is 0.934. The number of hydrogen-bond acceptors (Lipinski definition) is 4. The summed E-state index contributed by atoms with van der Waals surface area (Å²) in [4.78, 5) is 29.3. The quantitative estimate of drug-likeness (QED) is 0.260. The molecule has 0 aliphatic heterocycles. The number of nitrogens with one attached hydrogen (secondary N) is 3. The van der Waals surface area contributed by atoms with Crippen LogP contribution in [0.25, 0.3) is 0 Å². The predicted octanol–water partition coefficient (Wildman–Crippen LogP) is 3.53. The minimum Gasteiger partial charge on any atom is -0.511 e. The molecule has 3 aromatic rings. The molecule has 0 atom stereocenters. The smallest absolute Gasteiger partial charge is 0.511 e. The molecule has 0 unspecified atom stereocenters. The Labute approximate surface area is 272 Å². The molecule has 0 fully saturated rings. The molecule has 0 radical (unpaired) electrons. The van der Waals surface area contributed by atoms with Crippen molar-refractivity contribution in [1.29, 1.82) is 5.26 Å². The van der Waals surface area contributed by atoms with Gasteiger partial charge in [-0.3, -0.25) is 18.2 Å². The number of amides is 3. The first-order valence-electron chi connectivity index (χ1n) is 8.08. The van der Waals surface area contributed by atoms with E-state index in [4.69, 9.17) is 5.26 Å². The van der Waals surface area contributed by atoms with Crippen molar-refractivity contribution < 1.29 is 108 Å². The van der Waals surface area contributed by atoms with E-state index in [0.717, 1.165) is 4.47 Å². The Morgan fingerprint density at radius 2 is 1.24 bits per heavy atom. The SMILES string of the molecule is N#Cc1c[c-]c(N[C-]=O)cc1.O=[C-]Nc1[c-]cc(Br)cc1.O=[C-]Nc1[c-]cccc1.[U+2].[U+2].[U+2]. The number of anilines is 3. The van der Waals surface area contributed by atoms with Gasteiger partial charge in [0.2, 0.25) is 0 Å². The van der Waals surface area contributed by atoms with E-state index in [2.05, 4.69) is 50.1 Å². The van der Waals surface area contributed by atoms with Crippen molar-refractivity contribution in [1.82, 2.24) is 0 Å². The van der Waals surface area contributed by atoms with E-state index in [9.17, 15) is 14.4 Å². The third-order valence-electron chi connectivity index (χ3n) is 2.98. The van der Waals surface area contributed by atoms with E-state index in [1.54, 1.807) is 49.2 Å². The zero-order valence-corrected chi connectivity index (χ0v) is 30.9. The fourth-order valence-electron chi connectivity index (χ4n) is 1.69. The van der Waals surface area contributed by atoms with Crippen molar-refractivity contribution >= 4 is 52.2 Å². The van der Waals surface area contributed by atoms with Gasteiger partial charge in [0.15, 0.2) is 0 Å². The molecule has 158 valence electrons. The number of nitrogens with zero attached hydrogens (tertiary/aromatic N) is 1. The van der Waals surface area contributed by atoms with Crippen LogP contribution in [0.5, 0.6) is 0 Å². The van der Waals surface area contributed by atoms with Gasteiger partial charge in [0, 0.05) is 6.07 Å². The van der Waals surface area contributed by atoms with E-state index in [1.165, 1.54) is 12.5 Å². The monoisotopic (exact) mass is 1170 g/mol. The molecule has 3 aromatic carbocycles. The standard InChI is InChI=1S/C8H4N2O.C7H4BrNO.C7H5NO.3U/c9-5-7-1-3-8(4-2-7)10-6-11;8-6-1-3-7(4-2-6)9-5-10;9-6-8-7-4-2-1-3-5-7;;;/h1-3H,(H,10,11);1-3H,(H,9,10);1-4H,(H,8,9);;;/q3*-2;3*+2. The largest absolute Gasteiger partial charge is 2.00 e. The maximum absolute atomic E-state index is 9.81. The Morgan fingerprint density at radius 3 is 1.61 bits per heavy atom. The van der Waals surface area contributed by atoms with Gasteiger partial charge in [-0.2, -0.15) is 42.5 Å². The first-order chi connectivity index (χ1) is 14.6. The molecule has 0 saturated heterocycles. The van der Waals surface area contributed by atoms with Crippen LogP contribution in [0, 0.1) is 123 Å². The van der Waals surface area contributed by atoms with Gasteiger partial charge in [-0.05, 0) is 0 Å². The van der Waals surface area contributed by atoms with E-state index >= 15 is 0 Å². The summed E-state index contributed by atoms with van der Waals surface area (Å²) in [6.45, 7) is 0. The summed E-state index contributed by atoms with van der Waals surface area (Å²) >= 11 is 3.24. The fraction of sp³-hybridized carbons (Fsp3) is 0. The van der Waals surface area contributed by atoms with E-state index in [1.807, 2.05) is 24.3 Å². The van der Waals surface area contributed by atoms with Crippen LogP contribution in [0.4, 0.5) is 17.1 Å². The second-order valence-electron chi connectivity index (χ2n) is 4.98. The molecular formula is C22H13BrN4O3U3. The third kappa shape index (κ3) is 18.2. The van der Waals surface area contributed by atoms with E-state index in [-0.39, 0.29) is 93.3 Å². The molecule has 3 N–H and O–H groups in total. The minimum atomic E-state index is 0. The molecule has 33 heavy (non-hydrogen) atoms. The molecular weight excluding hydrogens is 1160 g/mol. The van der Waals surface area contributed by atoms with Crippen LogP contribution in [0.2, 0.25) is 0 Å². The van der Waals surface area contributed by atoms with Crippen LogP contribution in [0.15, 0.2) is 65.1 Å². The number of hydrogen-bond donors (Lipinski definition) is 3. The van der Waals surface area contributed by atoms with Crippen LogP contribution < -0.4 is 16.0 Å². The Morgan fingerprint density at radius 1 is 0.727 bits per heavy atom. The van der Waals surface area contributed by atoms with Crippen molar-refractivity contribution in [3.05, 3.63) is 88.9 Å². The molecule has 11 heteroatoms. The molecule has 0 heterocycles. The van der Waals surface area contributed by atoms with E-state index < -0.39 is 0 Å². The minimum absolute atomic E-state index is 0. The first-order valence-corrected chi connectivity index (χ1v) is 8.87. The van der Waals surface area contributed by atoms with E-state index in [0.29, 0.717) is 22.6 Å². The van der Waals surface area contributed by atoms with Gasteiger partial charge >= 0.3 is 93.3 Å². The Balaban J connectivity index is -0.000000393. The van der Waals surface area contributed by atoms with Gasteiger partial charge in [0.05, 0.1) is 19.2 Å². The first kappa shape index (κ1) is 36.8. The summed E-state index contributed by atoms with van der Waals surface area (Å²) in [5.41, 5.74) is 2.30. The fourth-order valence-corrected chi connectivity index (χ4v) is 1.94. The van der Waals surface area contributed by atoms with Crippen LogP contribution in [0.1, 0.15) is 5.56 Å². The second kappa shape index (κ2) is 24.3. The average Bonchev–Trinajstić information content (AvgIpc) is 2.78. The molecule has 0 saturated carbocycles. The summed E-state index contributed by atoms with van der Waals surface area (Å²) in [7, 11) is 0. The number of benzene rings is 3. The molecule has 0 aliphatic rings. The second-order valence-corrected chi connectivity index (χ2v) is 5.90. The molecule has 0 aliphatic carbocycles. The Hall–Kier alpha value is -0.804. The molecule has 3 rings (SSSR count). The maximum Gasteiger partial charge on any atom is 2.00 e. The molecule has 0 spiro atoms. The van der Waals surface area contributed by atoms with Crippen molar-refractivity contribution in [3.8, 4) is 6.07 Å². The summed E-state index contributed by atoms with van der Waals surface area (Å²) in [6.07, 6.45) is 4.62. The van der Waals surface area contributed by atoms with Crippen molar-refractivity contribution in [2.75, 3.05) is 16.0 Å². The molecule has 3 amide bonds. The Kier molecular flexibility index (Phi) is 27.1. The van der Waals surface area contributed by atoms with Crippen molar-refractivity contribution in [2.24, 2.45) is 0 Å². The van der Waals surface area contributed by atoms with Crippen LogP contribution in [-0.2, 0) is 14.4 Å². The zero-order valence-electron chi connectivity index (χ0n) is 16.8. The summed E-state index contributed by atoms with van der Waals surface area (Å²) in [5, 5.41) is 15.4. The van der Waals surface area contributed by atoms with Crippen LogP contribution in [0.3, 0.4) is 0 Å². The number of halogens is 1. The normalized spacial score (nSPS) is 7.76. The number of carbonyl (C=O) groups excluding carboxylic acids is 3. The van der Waals surface area contributed by atoms with Crippen molar-refractivity contribution in [3.63, 3.8) is 0 Å². The summed E-state index contributed by atoms with van der Waals surface area (Å²) in [6, 6.07) is 27.3.